The number of carbonyl (C=O) groups excluding carboxylic acids is 3. The summed E-state index contributed by atoms with van der Waals surface area (Å²) in [6.07, 6.45) is 3.06. The van der Waals surface area contributed by atoms with Gasteiger partial charge in [-0.1, -0.05) is 43.5 Å². The number of nitrogens with one attached hydrogen (secondary N) is 3. The van der Waals surface area contributed by atoms with Gasteiger partial charge in [-0.15, -0.1) is 0 Å². The average molecular weight is 445 g/mol. The SMILES string of the molecule is CC(C)[C@H](NC(=O)Nc1ccc(Cl)cc1Cl)C(=O)N(CC(=O)NO)CC1CCC1. The van der Waals surface area contributed by atoms with Crippen LogP contribution in [0.15, 0.2) is 18.2 Å². The van der Waals surface area contributed by atoms with Gasteiger partial charge in [-0.05, 0) is 42.9 Å². The molecular formula is C19H26Cl2N4O4. The van der Waals surface area contributed by atoms with Crippen LogP contribution in [0.1, 0.15) is 33.1 Å². The number of hydroxylamine groups is 1. The van der Waals surface area contributed by atoms with Gasteiger partial charge in [0.2, 0.25) is 5.91 Å². The minimum absolute atomic E-state index is 0.227. The first-order chi connectivity index (χ1) is 13.7. The summed E-state index contributed by atoms with van der Waals surface area (Å²) >= 11 is 11.9. The number of carbonyl (C=O) groups is 3. The van der Waals surface area contributed by atoms with Gasteiger partial charge in [0.25, 0.3) is 5.91 Å². The molecule has 1 fully saturated rings. The predicted octanol–water partition coefficient (Wildman–Crippen LogP) is 3.27. The highest BCUT2D eigenvalue weighted by molar-refractivity contribution is 6.36. The summed E-state index contributed by atoms with van der Waals surface area (Å²) in [5.74, 6) is -0.972. The molecule has 0 heterocycles. The zero-order valence-electron chi connectivity index (χ0n) is 16.4. The van der Waals surface area contributed by atoms with Gasteiger partial charge in [-0.2, -0.15) is 0 Å². The summed E-state index contributed by atoms with van der Waals surface area (Å²) < 4.78 is 0. The molecule has 0 spiro atoms. The second-order valence-electron chi connectivity index (χ2n) is 7.49. The number of benzene rings is 1. The summed E-state index contributed by atoms with van der Waals surface area (Å²) in [7, 11) is 0. The first-order valence-electron chi connectivity index (χ1n) is 9.45. The maximum Gasteiger partial charge on any atom is 0.319 e. The van der Waals surface area contributed by atoms with Crippen molar-refractivity contribution in [2.75, 3.05) is 18.4 Å². The van der Waals surface area contributed by atoms with Crippen molar-refractivity contribution in [3.8, 4) is 0 Å². The van der Waals surface area contributed by atoms with Gasteiger partial charge < -0.3 is 15.5 Å². The van der Waals surface area contributed by atoms with Crippen LogP contribution >= 0.6 is 23.2 Å². The molecule has 0 aromatic heterocycles. The highest BCUT2D eigenvalue weighted by Crippen LogP contribution is 2.28. The van der Waals surface area contributed by atoms with E-state index >= 15 is 0 Å². The Morgan fingerprint density at radius 3 is 2.45 bits per heavy atom. The van der Waals surface area contributed by atoms with E-state index < -0.39 is 18.0 Å². The number of halogens is 2. The first-order valence-corrected chi connectivity index (χ1v) is 10.2. The first kappa shape index (κ1) is 23.3. The molecule has 1 aromatic carbocycles. The fourth-order valence-electron chi connectivity index (χ4n) is 3.03. The van der Waals surface area contributed by atoms with Crippen molar-refractivity contribution in [3.63, 3.8) is 0 Å². The summed E-state index contributed by atoms with van der Waals surface area (Å²) in [6, 6.07) is 3.19. The number of amides is 4. The molecule has 0 unspecified atom stereocenters. The summed E-state index contributed by atoms with van der Waals surface area (Å²) in [6.45, 7) is 3.72. The Balaban J connectivity index is 2.08. The number of hydrogen-bond donors (Lipinski definition) is 4. The Morgan fingerprint density at radius 2 is 1.93 bits per heavy atom. The minimum atomic E-state index is -0.854. The lowest BCUT2D eigenvalue weighted by Gasteiger charge is -2.35. The monoisotopic (exact) mass is 444 g/mol. The molecule has 2 rings (SSSR count). The Labute approximate surface area is 179 Å². The largest absolute Gasteiger partial charge is 0.331 e. The lowest BCUT2D eigenvalue weighted by molar-refractivity contribution is -0.142. The maximum atomic E-state index is 13.1. The third kappa shape index (κ3) is 6.76. The third-order valence-corrected chi connectivity index (χ3v) is 5.42. The van der Waals surface area contributed by atoms with Crippen molar-refractivity contribution in [1.29, 1.82) is 0 Å². The van der Waals surface area contributed by atoms with Crippen molar-refractivity contribution in [1.82, 2.24) is 15.7 Å². The van der Waals surface area contributed by atoms with E-state index in [1.807, 2.05) is 0 Å². The van der Waals surface area contributed by atoms with Crippen LogP contribution in [0, 0.1) is 11.8 Å². The van der Waals surface area contributed by atoms with E-state index in [4.69, 9.17) is 28.4 Å². The predicted molar refractivity (Wildman–Crippen MR) is 111 cm³/mol. The molecule has 0 saturated heterocycles. The number of hydrogen-bond acceptors (Lipinski definition) is 4. The maximum absolute atomic E-state index is 13.1. The Morgan fingerprint density at radius 1 is 1.24 bits per heavy atom. The minimum Gasteiger partial charge on any atom is -0.331 e. The van der Waals surface area contributed by atoms with Crippen molar-refractivity contribution in [3.05, 3.63) is 28.2 Å². The van der Waals surface area contributed by atoms with Crippen LogP contribution in [0.3, 0.4) is 0 Å². The summed E-state index contributed by atoms with van der Waals surface area (Å²) in [5, 5.41) is 14.8. The molecule has 160 valence electrons. The van der Waals surface area contributed by atoms with Crippen LogP contribution in [-0.4, -0.2) is 47.1 Å². The zero-order valence-corrected chi connectivity index (χ0v) is 17.9. The Bertz CT molecular complexity index is 756. The molecule has 8 nitrogen and oxygen atoms in total. The third-order valence-electron chi connectivity index (χ3n) is 4.87. The highest BCUT2D eigenvalue weighted by Gasteiger charge is 2.32. The number of rotatable bonds is 8. The highest BCUT2D eigenvalue weighted by atomic mass is 35.5. The average Bonchev–Trinajstić information content (AvgIpc) is 2.62. The fraction of sp³-hybridized carbons (Fsp3) is 0.526. The van der Waals surface area contributed by atoms with E-state index in [1.165, 1.54) is 11.0 Å². The molecule has 1 saturated carbocycles. The lowest BCUT2D eigenvalue weighted by Crippen LogP contribution is -2.55. The molecule has 1 aromatic rings. The van der Waals surface area contributed by atoms with Gasteiger partial charge in [0.15, 0.2) is 0 Å². The van der Waals surface area contributed by atoms with Crippen LogP contribution in [0.4, 0.5) is 10.5 Å². The lowest BCUT2D eigenvalue weighted by atomic mass is 9.85. The number of nitrogens with zero attached hydrogens (tertiary/aromatic N) is 1. The van der Waals surface area contributed by atoms with Gasteiger partial charge >= 0.3 is 6.03 Å². The molecule has 0 radical (unpaired) electrons. The van der Waals surface area contributed by atoms with Crippen LogP contribution in [0.2, 0.25) is 10.0 Å². The molecule has 29 heavy (non-hydrogen) atoms. The van der Waals surface area contributed by atoms with Gasteiger partial charge in [-0.25, -0.2) is 10.3 Å². The molecule has 1 aliphatic rings. The van der Waals surface area contributed by atoms with Crippen LogP contribution < -0.4 is 16.1 Å². The summed E-state index contributed by atoms with van der Waals surface area (Å²) in [4.78, 5) is 38.6. The smallest absolute Gasteiger partial charge is 0.319 e. The van der Waals surface area contributed by atoms with E-state index in [0.29, 0.717) is 23.2 Å². The number of anilines is 1. The molecule has 0 bridgehead atoms. The van der Waals surface area contributed by atoms with Gasteiger partial charge in [0.1, 0.15) is 12.6 Å². The van der Waals surface area contributed by atoms with Crippen LogP contribution in [0.25, 0.3) is 0 Å². The summed E-state index contributed by atoms with van der Waals surface area (Å²) in [5.41, 5.74) is 1.91. The molecular weight excluding hydrogens is 419 g/mol. The van der Waals surface area contributed by atoms with Gasteiger partial charge in [0, 0.05) is 11.6 Å². The van der Waals surface area contributed by atoms with Crippen molar-refractivity contribution in [2.24, 2.45) is 11.8 Å². The van der Waals surface area contributed by atoms with Gasteiger partial charge in [-0.3, -0.25) is 14.8 Å². The standard InChI is InChI=1S/C19H26Cl2N4O4/c1-11(2)17(23-19(28)22-15-7-6-13(20)8-14(15)21)18(27)25(10-16(26)24-29)9-12-4-3-5-12/h6-8,11-12,17,29H,3-5,9-10H2,1-2H3,(H,24,26)(H2,22,23,28)/t17-/m0/s1. The molecule has 4 N–H and O–H groups in total. The second kappa shape index (κ2) is 10.7. The van der Waals surface area contributed by atoms with Crippen LogP contribution in [0.5, 0.6) is 0 Å². The Kier molecular flexibility index (Phi) is 8.55. The zero-order chi connectivity index (χ0) is 21.6. The van der Waals surface area contributed by atoms with E-state index in [1.54, 1.807) is 31.5 Å². The van der Waals surface area contributed by atoms with Crippen molar-refractivity contribution >= 4 is 46.7 Å². The van der Waals surface area contributed by atoms with Crippen molar-refractivity contribution in [2.45, 2.75) is 39.2 Å². The van der Waals surface area contributed by atoms with Crippen molar-refractivity contribution < 1.29 is 19.6 Å². The van der Waals surface area contributed by atoms with Crippen LogP contribution in [-0.2, 0) is 9.59 Å². The van der Waals surface area contributed by atoms with E-state index in [0.717, 1.165) is 19.3 Å². The topological polar surface area (TPSA) is 111 Å². The molecule has 1 aliphatic carbocycles. The molecule has 10 heteroatoms. The Hall–Kier alpha value is -2.03. The normalized spacial score (nSPS) is 14.7. The van der Waals surface area contributed by atoms with E-state index in [-0.39, 0.29) is 23.4 Å². The van der Waals surface area contributed by atoms with E-state index in [2.05, 4.69) is 10.6 Å². The number of urea groups is 1. The van der Waals surface area contributed by atoms with Gasteiger partial charge in [0.05, 0.1) is 10.7 Å². The van der Waals surface area contributed by atoms with E-state index in [9.17, 15) is 14.4 Å². The quantitative estimate of drug-likeness (QED) is 0.364. The fourth-order valence-corrected chi connectivity index (χ4v) is 3.48. The molecule has 0 aliphatic heterocycles. The molecule has 4 amide bonds. The molecule has 1 atom stereocenters. The second-order valence-corrected chi connectivity index (χ2v) is 8.34.